The van der Waals surface area contributed by atoms with E-state index in [1.807, 2.05) is 32.0 Å². The van der Waals surface area contributed by atoms with Crippen molar-refractivity contribution in [1.29, 1.82) is 0 Å². The van der Waals surface area contributed by atoms with E-state index >= 15 is 0 Å². The van der Waals surface area contributed by atoms with Crippen LogP contribution in [0.15, 0.2) is 24.3 Å². The van der Waals surface area contributed by atoms with Crippen molar-refractivity contribution in [1.82, 2.24) is 24.8 Å². The molecule has 11 heteroatoms. The molecule has 1 aliphatic rings. The smallest absolute Gasteiger partial charge is 0.320 e. The first kappa shape index (κ1) is 25.0. The molecule has 2 aromatic heterocycles. The molecule has 3 aromatic rings. The molecule has 0 saturated carbocycles. The molecule has 4 N–H and O–H groups in total. The number of piperazine rings is 1. The molecule has 1 atom stereocenters. The highest BCUT2D eigenvalue weighted by atomic mass is 32.1. The predicted octanol–water partition coefficient (Wildman–Crippen LogP) is 2.85. The summed E-state index contributed by atoms with van der Waals surface area (Å²) in [5.74, 6) is 1.93. The minimum atomic E-state index is -0.376. The van der Waals surface area contributed by atoms with Gasteiger partial charge in [0.2, 0.25) is 0 Å². The molecule has 35 heavy (non-hydrogen) atoms. The maximum Gasteiger partial charge on any atom is 0.320 e. The van der Waals surface area contributed by atoms with Crippen LogP contribution >= 0.6 is 11.3 Å². The van der Waals surface area contributed by atoms with Crippen molar-refractivity contribution in [2.24, 2.45) is 0 Å². The molecule has 1 aliphatic heterocycles. The van der Waals surface area contributed by atoms with Gasteiger partial charge in [0.05, 0.1) is 12.8 Å². The Kier molecular flexibility index (Phi) is 7.89. The summed E-state index contributed by atoms with van der Waals surface area (Å²) in [6.07, 6.45) is -0.376. The van der Waals surface area contributed by atoms with Crippen LogP contribution in [-0.4, -0.2) is 78.2 Å². The highest BCUT2D eigenvalue weighted by Crippen LogP contribution is 2.36. The van der Waals surface area contributed by atoms with Crippen LogP contribution in [-0.2, 0) is 0 Å². The fourth-order valence-corrected chi connectivity index (χ4v) is 4.91. The van der Waals surface area contributed by atoms with Crippen molar-refractivity contribution in [3.63, 3.8) is 0 Å². The van der Waals surface area contributed by atoms with Crippen molar-refractivity contribution in [2.75, 3.05) is 65.0 Å². The van der Waals surface area contributed by atoms with Gasteiger partial charge in [0.1, 0.15) is 29.4 Å². The first-order valence-corrected chi connectivity index (χ1v) is 12.4. The van der Waals surface area contributed by atoms with Crippen molar-refractivity contribution in [3.05, 3.63) is 34.8 Å². The second kappa shape index (κ2) is 11.1. The second-order valence-corrected chi connectivity index (χ2v) is 9.78. The third kappa shape index (κ3) is 6.30. The van der Waals surface area contributed by atoms with Gasteiger partial charge < -0.3 is 30.6 Å². The lowest BCUT2D eigenvalue weighted by atomic mass is 10.2. The predicted molar refractivity (Wildman–Crippen MR) is 138 cm³/mol. The highest BCUT2D eigenvalue weighted by molar-refractivity contribution is 7.15. The second-order valence-electron chi connectivity index (χ2n) is 8.58. The standard InChI is InChI=1S/C24H33N7O3S/c1-15(34-24-27-20(25)14-21(26)28-24)22-16(2)35-23(29-22)17-5-6-18(32-4)19(13-17)33-12-11-31-9-7-30(3)8-10-31/h5-6,13-15H,7-12H2,1-4H3,(H4,25,26,27,28)/t15-/m0/s1. The number of rotatable bonds is 9. The lowest BCUT2D eigenvalue weighted by Gasteiger charge is -2.32. The van der Waals surface area contributed by atoms with E-state index in [1.54, 1.807) is 18.4 Å². The lowest BCUT2D eigenvalue weighted by molar-refractivity contribution is 0.133. The number of nitrogens with zero attached hydrogens (tertiary/aromatic N) is 5. The number of hydrogen-bond acceptors (Lipinski definition) is 11. The van der Waals surface area contributed by atoms with E-state index in [1.165, 1.54) is 6.07 Å². The normalized spacial score (nSPS) is 15.7. The average Bonchev–Trinajstić information content (AvgIpc) is 3.21. The average molecular weight is 500 g/mol. The molecular weight excluding hydrogens is 466 g/mol. The van der Waals surface area contributed by atoms with E-state index in [2.05, 4.69) is 26.8 Å². The molecule has 0 unspecified atom stereocenters. The molecule has 0 radical (unpaired) electrons. The molecule has 0 aliphatic carbocycles. The number of thiazole rings is 1. The zero-order valence-corrected chi connectivity index (χ0v) is 21.5. The third-order valence-electron chi connectivity index (χ3n) is 5.92. The Labute approximate surface area is 209 Å². The van der Waals surface area contributed by atoms with Crippen molar-refractivity contribution in [3.8, 4) is 28.1 Å². The Bertz CT molecular complexity index is 1130. The summed E-state index contributed by atoms with van der Waals surface area (Å²) in [5, 5.41) is 0.868. The highest BCUT2D eigenvalue weighted by Gasteiger charge is 2.20. The van der Waals surface area contributed by atoms with Gasteiger partial charge in [0.25, 0.3) is 0 Å². The van der Waals surface area contributed by atoms with Crippen LogP contribution in [0.25, 0.3) is 10.6 Å². The van der Waals surface area contributed by atoms with Crippen LogP contribution in [0.1, 0.15) is 23.6 Å². The molecule has 1 saturated heterocycles. The molecular formula is C24H33N7O3S. The SMILES string of the molecule is COc1ccc(-c2nc([C@H](C)Oc3nc(N)cc(N)n3)c(C)s2)cc1OCCN1CCN(C)CC1. The number of aromatic nitrogens is 3. The number of hydrogen-bond donors (Lipinski definition) is 2. The van der Waals surface area contributed by atoms with Crippen molar-refractivity contribution >= 4 is 23.0 Å². The summed E-state index contributed by atoms with van der Waals surface area (Å²) in [4.78, 5) is 18.8. The molecule has 3 heterocycles. The number of anilines is 2. The number of methoxy groups -OCH3 is 1. The molecule has 4 rings (SSSR count). The first-order valence-electron chi connectivity index (χ1n) is 11.6. The molecule has 0 bridgehead atoms. The number of benzene rings is 1. The number of aryl methyl sites for hydroxylation is 1. The first-order chi connectivity index (χ1) is 16.8. The summed E-state index contributed by atoms with van der Waals surface area (Å²) in [5.41, 5.74) is 13.3. The van der Waals surface area contributed by atoms with Crippen LogP contribution in [0.4, 0.5) is 11.6 Å². The van der Waals surface area contributed by atoms with Gasteiger partial charge in [-0.25, -0.2) is 4.98 Å². The van der Waals surface area contributed by atoms with Crippen molar-refractivity contribution in [2.45, 2.75) is 20.0 Å². The maximum atomic E-state index is 6.14. The Morgan fingerprint density at radius 2 is 1.74 bits per heavy atom. The van der Waals surface area contributed by atoms with Gasteiger partial charge in [0, 0.05) is 49.2 Å². The molecule has 1 fully saturated rings. The topological polar surface area (TPSA) is 125 Å². The van der Waals surface area contributed by atoms with Crippen LogP contribution in [0.2, 0.25) is 0 Å². The Morgan fingerprint density at radius 1 is 1.03 bits per heavy atom. The minimum absolute atomic E-state index is 0.129. The van der Waals surface area contributed by atoms with Crippen LogP contribution in [0, 0.1) is 6.92 Å². The Morgan fingerprint density at radius 3 is 2.43 bits per heavy atom. The van der Waals surface area contributed by atoms with Gasteiger partial charge >= 0.3 is 6.01 Å². The largest absolute Gasteiger partial charge is 0.493 e. The summed E-state index contributed by atoms with van der Waals surface area (Å²) in [6, 6.07) is 7.50. The van der Waals surface area contributed by atoms with E-state index in [-0.39, 0.29) is 23.8 Å². The zero-order valence-electron chi connectivity index (χ0n) is 20.7. The summed E-state index contributed by atoms with van der Waals surface area (Å²) in [6.45, 7) is 9.69. The number of ether oxygens (including phenoxy) is 3. The molecule has 0 amide bonds. The monoisotopic (exact) mass is 499 g/mol. The van der Waals surface area contributed by atoms with Crippen LogP contribution < -0.4 is 25.7 Å². The number of nitrogens with two attached hydrogens (primary N) is 2. The molecule has 10 nitrogen and oxygen atoms in total. The van der Waals surface area contributed by atoms with E-state index in [9.17, 15) is 0 Å². The fraction of sp³-hybridized carbons (Fsp3) is 0.458. The van der Waals surface area contributed by atoms with Gasteiger partial charge in [-0.15, -0.1) is 11.3 Å². The fourth-order valence-electron chi connectivity index (χ4n) is 3.92. The van der Waals surface area contributed by atoms with Crippen molar-refractivity contribution < 1.29 is 14.2 Å². The van der Waals surface area contributed by atoms with Gasteiger partial charge in [-0.3, -0.25) is 4.90 Å². The summed E-state index contributed by atoms with van der Waals surface area (Å²) >= 11 is 1.59. The Hall–Kier alpha value is -3.15. The van der Waals surface area contributed by atoms with E-state index in [0.29, 0.717) is 18.1 Å². The zero-order chi connectivity index (χ0) is 24.9. The van der Waals surface area contributed by atoms with Gasteiger partial charge in [-0.2, -0.15) is 9.97 Å². The minimum Gasteiger partial charge on any atom is -0.493 e. The Balaban J connectivity index is 1.46. The third-order valence-corrected chi connectivity index (χ3v) is 6.95. The summed E-state index contributed by atoms with van der Waals surface area (Å²) in [7, 11) is 3.81. The van der Waals surface area contributed by atoms with Gasteiger partial charge in [-0.1, -0.05) is 0 Å². The van der Waals surface area contributed by atoms with Gasteiger partial charge in [-0.05, 0) is 39.1 Å². The van der Waals surface area contributed by atoms with E-state index in [4.69, 9.17) is 30.7 Å². The molecule has 1 aromatic carbocycles. The van der Waals surface area contributed by atoms with Crippen LogP contribution in [0.5, 0.6) is 17.5 Å². The maximum absolute atomic E-state index is 6.14. The van der Waals surface area contributed by atoms with E-state index < -0.39 is 0 Å². The number of likely N-dealkylation sites (N-methyl/N-ethyl adjacent to an activating group) is 1. The molecule has 0 spiro atoms. The van der Waals surface area contributed by atoms with Gasteiger partial charge in [0.15, 0.2) is 11.5 Å². The number of nitrogen functional groups attached to an aromatic ring is 2. The quantitative estimate of drug-likeness (QED) is 0.454. The van der Waals surface area contributed by atoms with E-state index in [0.717, 1.165) is 53.9 Å². The lowest BCUT2D eigenvalue weighted by Crippen LogP contribution is -2.45. The summed E-state index contributed by atoms with van der Waals surface area (Å²) < 4.78 is 17.5. The van der Waals surface area contributed by atoms with Crippen LogP contribution in [0.3, 0.4) is 0 Å². The molecule has 188 valence electrons.